The lowest BCUT2D eigenvalue weighted by Crippen LogP contribution is -2.50. The first-order chi connectivity index (χ1) is 20.4. The van der Waals surface area contributed by atoms with E-state index in [1.54, 1.807) is 18.2 Å². The van der Waals surface area contributed by atoms with Crippen molar-refractivity contribution in [3.63, 3.8) is 0 Å². The van der Waals surface area contributed by atoms with E-state index in [1.165, 1.54) is 10.5 Å². The number of hydrogen-bond donors (Lipinski definition) is 2. The zero-order chi connectivity index (χ0) is 29.5. The molecular weight excluding hydrogens is 524 g/mol. The first-order valence-corrected chi connectivity index (χ1v) is 14.2. The van der Waals surface area contributed by atoms with Gasteiger partial charge in [-0.05, 0) is 49.1 Å². The molecule has 0 aliphatic carbocycles. The highest BCUT2D eigenvalue weighted by molar-refractivity contribution is 6.21. The van der Waals surface area contributed by atoms with E-state index in [4.69, 9.17) is 4.99 Å². The van der Waals surface area contributed by atoms with Crippen LogP contribution < -0.4 is 15.5 Å². The Labute approximate surface area is 246 Å². The molecule has 0 spiro atoms. The average molecular weight is 559 g/mol. The second kappa shape index (κ2) is 13.1. The fraction of sp³-hybridized carbons (Fsp3) is 0.200. The monoisotopic (exact) mass is 558 g/mol. The largest absolute Gasteiger partial charge is 0.321 e. The number of nitrogens with zero attached hydrogens (tertiary/aromatic N) is 2. The van der Waals surface area contributed by atoms with E-state index >= 15 is 0 Å². The summed E-state index contributed by atoms with van der Waals surface area (Å²) < 4.78 is 0. The van der Waals surface area contributed by atoms with Crippen molar-refractivity contribution in [1.82, 2.24) is 5.32 Å². The van der Waals surface area contributed by atoms with Crippen molar-refractivity contribution in [3.05, 3.63) is 131 Å². The van der Waals surface area contributed by atoms with Crippen LogP contribution in [0.4, 0.5) is 16.2 Å². The van der Waals surface area contributed by atoms with E-state index in [2.05, 4.69) is 17.6 Å². The van der Waals surface area contributed by atoms with E-state index in [1.807, 2.05) is 91.9 Å². The zero-order valence-corrected chi connectivity index (χ0v) is 23.8. The van der Waals surface area contributed by atoms with Gasteiger partial charge in [0.2, 0.25) is 6.17 Å². The van der Waals surface area contributed by atoms with Gasteiger partial charge in [-0.15, -0.1) is 0 Å². The molecule has 3 amide bonds. The van der Waals surface area contributed by atoms with Crippen molar-refractivity contribution in [3.8, 4) is 0 Å². The summed E-state index contributed by atoms with van der Waals surface area (Å²) >= 11 is 0. The molecule has 1 atom stereocenters. The molecule has 42 heavy (non-hydrogen) atoms. The van der Waals surface area contributed by atoms with Gasteiger partial charge in [-0.3, -0.25) is 9.59 Å². The molecule has 1 aliphatic rings. The van der Waals surface area contributed by atoms with Crippen LogP contribution in [0.5, 0.6) is 0 Å². The number of urea groups is 1. The standard InChI is InChI=1S/C35H34N4O3/c1-3-4-13-25-19-21-27(22-20-25)36-35(42)38-33-34(41)39(23-31(40)28-16-9-8-12-24(28)2)30-18-11-10-17-29(30)32(37-33)26-14-6-5-7-15-26/h5-12,14-22,33H,3-4,13,23H2,1-2H3,(H2,36,38,42). The van der Waals surface area contributed by atoms with Gasteiger partial charge in [-0.25, -0.2) is 9.79 Å². The number of ketones is 1. The third-order valence-corrected chi connectivity index (χ3v) is 7.30. The van der Waals surface area contributed by atoms with Crippen molar-refractivity contribution >= 4 is 34.8 Å². The van der Waals surface area contributed by atoms with E-state index < -0.39 is 18.1 Å². The van der Waals surface area contributed by atoms with Crippen LogP contribution in [-0.2, 0) is 11.2 Å². The summed E-state index contributed by atoms with van der Waals surface area (Å²) in [7, 11) is 0. The maximum absolute atomic E-state index is 14.1. The number of aliphatic imine (C=N–C) groups is 1. The van der Waals surface area contributed by atoms with Crippen LogP contribution >= 0.6 is 0 Å². The van der Waals surface area contributed by atoms with Crippen LogP contribution in [-0.4, -0.2) is 36.1 Å². The van der Waals surface area contributed by atoms with Crippen molar-refractivity contribution < 1.29 is 14.4 Å². The molecule has 1 heterocycles. The summed E-state index contributed by atoms with van der Waals surface area (Å²) in [5, 5.41) is 5.58. The zero-order valence-electron chi connectivity index (χ0n) is 23.8. The molecule has 0 radical (unpaired) electrons. The minimum atomic E-state index is -1.26. The van der Waals surface area contributed by atoms with Crippen LogP contribution in [0.25, 0.3) is 0 Å². The molecule has 4 aromatic carbocycles. The summed E-state index contributed by atoms with van der Waals surface area (Å²) in [4.78, 5) is 47.0. The molecule has 2 N–H and O–H groups in total. The van der Waals surface area contributed by atoms with Crippen molar-refractivity contribution in [2.24, 2.45) is 4.99 Å². The first-order valence-electron chi connectivity index (χ1n) is 14.2. The Morgan fingerprint density at radius 1 is 0.857 bits per heavy atom. The van der Waals surface area contributed by atoms with Gasteiger partial charge in [0.1, 0.15) is 0 Å². The van der Waals surface area contributed by atoms with Gasteiger partial charge in [0.05, 0.1) is 17.9 Å². The Morgan fingerprint density at radius 2 is 1.55 bits per heavy atom. The summed E-state index contributed by atoms with van der Waals surface area (Å²) in [5.41, 5.74) is 5.77. The van der Waals surface area contributed by atoms with Crippen LogP contribution in [0.15, 0.2) is 108 Å². The SMILES string of the molecule is CCCCc1ccc(NC(=O)NC2N=C(c3ccccc3)c3ccccc3N(CC(=O)c3ccccc3C)C2=O)cc1. The molecule has 0 saturated heterocycles. The fourth-order valence-electron chi connectivity index (χ4n) is 5.05. The van der Waals surface area contributed by atoms with Crippen LogP contribution in [0.1, 0.15) is 52.4 Å². The Hall–Kier alpha value is -5.04. The number of hydrogen-bond acceptors (Lipinski definition) is 4. The van der Waals surface area contributed by atoms with Gasteiger partial charge in [-0.1, -0.05) is 98.3 Å². The molecule has 4 aromatic rings. The predicted molar refractivity (Wildman–Crippen MR) is 167 cm³/mol. The minimum absolute atomic E-state index is 0.197. The number of rotatable bonds is 9. The summed E-state index contributed by atoms with van der Waals surface area (Å²) in [6.07, 6.45) is 1.93. The molecule has 212 valence electrons. The van der Waals surface area contributed by atoms with Gasteiger partial charge in [0, 0.05) is 22.4 Å². The molecule has 1 unspecified atom stereocenters. The number of anilines is 2. The average Bonchev–Trinajstić information content (AvgIpc) is 3.12. The number of carbonyl (C=O) groups is 3. The van der Waals surface area contributed by atoms with Crippen molar-refractivity contribution in [2.75, 3.05) is 16.8 Å². The minimum Gasteiger partial charge on any atom is -0.308 e. The number of unbranched alkanes of at least 4 members (excludes halogenated alkanes) is 1. The fourth-order valence-corrected chi connectivity index (χ4v) is 5.05. The quantitative estimate of drug-likeness (QED) is 0.228. The number of benzene rings is 4. The maximum atomic E-state index is 14.1. The Bertz CT molecular complexity index is 1610. The van der Waals surface area contributed by atoms with Gasteiger partial charge in [-0.2, -0.15) is 0 Å². The number of nitrogens with one attached hydrogen (secondary N) is 2. The molecular formula is C35H34N4O3. The third-order valence-electron chi connectivity index (χ3n) is 7.30. The number of aryl methyl sites for hydroxylation is 2. The first kappa shape index (κ1) is 28.5. The maximum Gasteiger partial charge on any atom is 0.321 e. The van der Waals surface area contributed by atoms with E-state index in [9.17, 15) is 14.4 Å². The summed E-state index contributed by atoms with van der Waals surface area (Å²) in [6, 6.07) is 31.3. The number of para-hydroxylation sites is 1. The summed E-state index contributed by atoms with van der Waals surface area (Å²) in [5.74, 6) is -0.703. The number of fused-ring (bicyclic) bond motifs is 1. The normalized spacial score (nSPS) is 14.4. The van der Waals surface area contributed by atoms with Gasteiger partial charge in [0.15, 0.2) is 5.78 Å². The second-order valence-electron chi connectivity index (χ2n) is 10.3. The van der Waals surface area contributed by atoms with Gasteiger partial charge < -0.3 is 15.5 Å². The van der Waals surface area contributed by atoms with E-state index in [-0.39, 0.29) is 12.3 Å². The third kappa shape index (κ3) is 6.47. The number of amides is 3. The predicted octanol–water partition coefficient (Wildman–Crippen LogP) is 6.55. The number of Topliss-reactive ketones (excluding diaryl/α,β-unsaturated/α-hetero) is 1. The van der Waals surface area contributed by atoms with Crippen LogP contribution in [0, 0.1) is 6.92 Å². The number of carbonyl (C=O) groups excluding carboxylic acids is 3. The molecule has 7 nitrogen and oxygen atoms in total. The molecule has 0 bridgehead atoms. The summed E-state index contributed by atoms with van der Waals surface area (Å²) in [6.45, 7) is 3.82. The molecule has 0 aromatic heterocycles. The lowest BCUT2D eigenvalue weighted by molar-refractivity contribution is -0.120. The van der Waals surface area contributed by atoms with Crippen LogP contribution in [0.3, 0.4) is 0 Å². The Balaban J connectivity index is 1.47. The van der Waals surface area contributed by atoms with Crippen molar-refractivity contribution in [1.29, 1.82) is 0 Å². The van der Waals surface area contributed by atoms with Crippen LogP contribution in [0.2, 0.25) is 0 Å². The highest BCUT2D eigenvalue weighted by Gasteiger charge is 2.34. The lowest BCUT2D eigenvalue weighted by atomic mass is 9.99. The Morgan fingerprint density at radius 3 is 2.29 bits per heavy atom. The smallest absolute Gasteiger partial charge is 0.308 e. The second-order valence-corrected chi connectivity index (χ2v) is 10.3. The van der Waals surface area contributed by atoms with Crippen molar-refractivity contribution in [2.45, 2.75) is 39.3 Å². The molecule has 7 heteroatoms. The topological polar surface area (TPSA) is 90.9 Å². The van der Waals surface area contributed by atoms with Gasteiger partial charge in [0.25, 0.3) is 5.91 Å². The molecule has 5 rings (SSSR count). The molecule has 0 fully saturated rings. The Kier molecular flexibility index (Phi) is 8.87. The van der Waals surface area contributed by atoms with Gasteiger partial charge >= 0.3 is 6.03 Å². The lowest BCUT2D eigenvalue weighted by Gasteiger charge is -2.25. The van der Waals surface area contributed by atoms with E-state index in [0.717, 1.165) is 30.4 Å². The molecule has 1 aliphatic heterocycles. The highest BCUT2D eigenvalue weighted by atomic mass is 16.2. The molecule has 0 saturated carbocycles. The van der Waals surface area contributed by atoms with E-state index in [0.29, 0.717) is 28.2 Å². The highest BCUT2D eigenvalue weighted by Crippen LogP contribution is 2.29. The number of benzodiazepines with no additional fused rings is 1.